The lowest BCUT2D eigenvalue weighted by molar-refractivity contribution is 0.0520. The van der Waals surface area contributed by atoms with E-state index in [2.05, 4.69) is 0 Å². The monoisotopic (exact) mass is 284 g/mol. The second-order valence-corrected chi connectivity index (χ2v) is 4.79. The number of benzene rings is 2. The number of hydrogen-bond donors (Lipinski definition) is 1. The number of halogens is 4. The zero-order valence-electron chi connectivity index (χ0n) is 10.6. The summed E-state index contributed by atoms with van der Waals surface area (Å²) in [5, 5.41) is 10.3. The van der Waals surface area contributed by atoms with Gasteiger partial charge in [-0.3, -0.25) is 0 Å². The van der Waals surface area contributed by atoms with E-state index in [1.807, 2.05) is 0 Å². The molecule has 106 valence electrons. The summed E-state index contributed by atoms with van der Waals surface area (Å²) >= 11 is 0. The zero-order valence-corrected chi connectivity index (χ0v) is 10.6. The minimum absolute atomic E-state index is 0.112. The van der Waals surface area contributed by atoms with E-state index in [9.17, 15) is 22.7 Å². The largest absolute Gasteiger partial charge is 0.385 e. The molecule has 1 nitrogen and oxygen atoms in total. The fourth-order valence-electron chi connectivity index (χ4n) is 2.06. The molecule has 0 fully saturated rings. The Bertz CT molecular complexity index is 638. The molecule has 1 atom stereocenters. The Morgan fingerprint density at radius 3 is 2.40 bits per heavy atom. The van der Waals surface area contributed by atoms with Gasteiger partial charge in [0.1, 0.15) is 11.6 Å². The van der Waals surface area contributed by atoms with Crippen molar-refractivity contribution in [3.8, 4) is 0 Å². The maximum Gasteiger partial charge on any atom is 0.164 e. The van der Waals surface area contributed by atoms with Crippen LogP contribution in [0, 0.1) is 23.3 Å². The first-order valence-corrected chi connectivity index (χ1v) is 5.92. The van der Waals surface area contributed by atoms with Crippen molar-refractivity contribution in [2.24, 2.45) is 0 Å². The highest BCUT2D eigenvalue weighted by atomic mass is 19.2. The van der Waals surface area contributed by atoms with E-state index in [4.69, 9.17) is 0 Å². The Kier molecular flexibility index (Phi) is 3.81. The van der Waals surface area contributed by atoms with Crippen LogP contribution in [0.1, 0.15) is 18.1 Å². The fraction of sp³-hybridized carbons (Fsp3) is 0.200. The summed E-state index contributed by atoms with van der Waals surface area (Å²) in [6, 6.07) is 6.14. The summed E-state index contributed by atoms with van der Waals surface area (Å²) in [5.74, 6) is -3.70. The topological polar surface area (TPSA) is 20.2 Å². The number of aliphatic hydroxyl groups is 1. The molecule has 0 radical (unpaired) electrons. The van der Waals surface area contributed by atoms with E-state index in [0.29, 0.717) is 0 Å². The van der Waals surface area contributed by atoms with Gasteiger partial charge in [-0.05, 0) is 36.8 Å². The highest BCUT2D eigenvalue weighted by molar-refractivity contribution is 5.29. The van der Waals surface area contributed by atoms with Gasteiger partial charge in [-0.1, -0.05) is 12.1 Å². The summed E-state index contributed by atoms with van der Waals surface area (Å²) in [6.07, 6.45) is -0.378. The lowest BCUT2D eigenvalue weighted by atomic mass is 9.88. The lowest BCUT2D eigenvalue weighted by Gasteiger charge is -2.24. The van der Waals surface area contributed by atoms with Gasteiger partial charge in [0.25, 0.3) is 0 Å². The molecule has 2 aromatic carbocycles. The predicted octanol–water partition coefficient (Wildman–Crippen LogP) is 3.69. The van der Waals surface area contributed by atoms with E-state index in [1.165, 1.54) is 19.1 Å². The molecular weight excluding hydrogens is 272 g/mol. The van der Waals surface area contributed by atoms with Gasteiger partial charge in [0.15, 0.2) is 11.6 Å². The summed E-state index contributed by atoms with van der Waals surface area (Å²) in [7, 11) is 0. The molecule has 0 bridgehead atoms. The van der Waals surface area contributed by atoms with E-state index in [0.717, 1.165) is 24.3 Å². The highest BCUT2D eigenvalue weighted by Crippen LogP contribution is 2.29. The first-order chi connectivity index (χ1) is 9.31. The van der Waals surface area contributed by atoms with Crippen LogP contribution in [-0.4, -0.2) is 5.11 Å². The maximum absolute atomic E-state index is 13.7. The third-order valence-electron chi connectivity index (χ3n) is 3.07. The molecule has 0 aliphatic carbocycles. The summed E-state index contributed by atoms with van der Waals surface area (Å²) < 4.78 is 53.5. The lowest BCUT2D eigenvalue weighted by Crippen LogP contribution is -2.26. The minimum Gasteiger partial charge on any atom is -0.385 e. The summed E-state index contributed by atoms with van der Waals surface area (Å²) in [5.41, 5.74) is -2.28. The van der Waals surface area contributed by atoms with Crippen molar-refractivity contribution in [3.63, 3.8) is 0 Å². The van der Waals surface area contributed by atoms with Crippen molar-refractivity contribution in [1.82, 2.24) is 0 Å². The standard InChI is InChI=1S/C15H12F4O/c1-15(20,11-3-2-4-13(18)14(11)19)8-9-7-10(16)5-6-12(9)17/h2-7,20H,8H2,1H3. The first kappa shape index (κ1) is 14.5. The van der Waals surface area contributed by atoms with Crippen molar-refractivity contribution < 1.29 is 22.7 Å². The molecule has 0 saturated carbocycles. The molecule has 0 aliphatic heterocycles. The van der Waals surface area contributed by atoms with E-state index >= 15 is 0 Å². The molecule has 2 aromatic rings. The van der Waals surface area contributed by atoms with E-state index < -0.39 is 28.9 Å². The Hall–Kier alpha value is -1.88. The third-order valence-corrected chi connectivity index (χ3v) is 3.07. The molecule has 20 heavy (non-hydrogen) atoms. The number of rotatable bonds is 3. The van der Waals surface area contributed by atoms with Crippen molar-refractivity contribution in [2.45, 2.75) is 18.9 Å². The molecular formula is C15H12F4O. The quantitative estimate of drug-likeness (QED) is 0.852. The van der Waals surface area contributed by atoms with Gasteiger partial charge in [-0.15, -0.1) is 0 Å². The van der Waals surface area contributed by atoms with Crippen LogP contribution in [0.3, 0.4) is 0 Å². The van der Waals surface area contributed by atoms with Gasteiger partial charge < -0.3 is 5.11 Å². The Morgan fingerprint density at radius 2 is 1.70 bits per heavy atom. The molecule has 0 heterocycles. The Morgan fingerprint density at radius 1 is 1.00 bits per heavy atom. The summed E-state index contributed by atoms with van der Waals surface area (Å²) in [4.78, 5) is 0. The van der Waals surface area contributed by atoms with Crippen molar-refractivity contribution >= 4 is 0 Å². The van der Waals surface area contributed by atoms with Crippen LogP contribution in [0.15, 0.2) is 36.4 Å². The second-order valence-electron chi connectivity index (χ2n) is 4.79. The molecule has 5 heteroatoms. The van der Waals surface area contributed by atoms with Gasteiger partial charge in [0, 0.05) is 12.0 Å². The molecule has 1 N–H and O–H groups in total. The molecule has 0 amide bonds. The summed E-state index contributed by atoms with van der Waals surface area (Å²) in [6.45, 7) is 1.22. The molecule has 1 unspecified atom stereocenters. The molecule has 2 rings (SSSR count). The second kappa shape index (κ2) is 5.25. The van der Waals surface area contributed by atoms with Crippen molar-refractivity contribution in [2.75, 3.05) is 0 Å². The van der Waals surface area contributed by atoms with Crippen molar-refractivity contribution in [1.29, 1.82) is 0 Å². The Labute approximate surface area is 113 Å². The molecule has 0 saturated heterocycles. The average Bonchev–Trinajstić information content (AvgIpc) is 2.36. The van der Waals surface area contributed by atoms with Crippen LogP contribution in [0.4, 0.5) is 17.6 Å². The first-order valence-electron chi connectivity index (χ1n) is 5.92. The zero-order chi connectivity index (χ0) is 14.9. The van der Waals surface area contributed by atoms with Gasteiger partial charge >= 0.3 is 0 Å². The SMILES string of the molecule is CC(O)(Cc1cc(F)ccc1F)c1cccc(F)c1F. The smallest absolute Gasteiger partial charge is 0.164 e. The minimum atomic E-state index is -1.86. The fourth-order valence-corrected chi connectivity index (χ4v) is 2.06. The van der Waals surface area contributed by atoms with Crippen LogP contribution in [-0.2, 0) is 12.0 Å². The Balaban J connectivity index is 2.40. The van der Waals surface area contributed by atoms with E-state index in [1.54, 1.807) is 0 Å². The van der Waals surface area contributed by atoms with Crippen LogP contribution in [0.5, 0.6) is 0 Å². The van der Waals surface area contributed by atoms with Gasteiger partial charge in [-0.25, -0.2) is 17.6 Å². The highest BCUT2D eigenvalue weighted by Gasteiger charge is 2.29. The average molecular weight is 284 g/mol. The van der Waals surface area contributed by atoms with Crippen LogP contribution in [0.25, 0.3) is 0 Å². The predicted molar refractivity (Wildman–Crippen MR) is 66.0 cm³/mol. The van der Waals surface area contributed by atoms with Gasteiger partial charge in [0.05, 0.1) is 5.60 Å². The number of hydrogen-bond acceptors (Lipinski definition) is 1. The van der Waals surface area contributed by atoms with Gasteiger partial charge in [-0.2, -0.15) is 0 Å². The van der Waals surface area contributed by atoms with E-state index in [-0.39, 0.29) is 17.5 Å². The van der Waals surface area contributed by atoms with Crippen molar-refractivity contribution in [3.05, 3.63) is 70.8 Å². The molecule has 0 aromatic heterocycles. The maximum atomic E-state index is 13.7. The molecule has 0 spiro atoms. The molecule has 0 aliphatic rings. The third kappa shape index (κ3) is 2.82. The van der Waals surface area contributed by atoms with Crippen LogP contribution < -0.4 is 0 Å². The normalized spacial score (nSPS) is 14.1. The van der Waals surface area contributed by atoms with Gasteiger partial charge in [0.2, 0.25) is 0 Å². The van der Waals surface area contributed by atoms with Crippen LogP contribution in [0.2, 0.25) is 0 Å². The van der Waals surface area contributed by atoms with Crippen LogP contribution >= 0.6 is 0 Å².